The summed E-state index contributed by atoms with van der Waals surface area (Å²) >= 11 is 0. The smallest absolute Gasteiger partial charge is 0.315 e. The second-order valence-electron chi connectivity index (χ2n) is 6.92. The number of carbonyl (C=O) groups excluding carboxylic acids is 1. The Kier molecular flexibility index (Phi) is 5.92. The van der Waals surface area contributed by atoms with Crippen molar-refractivity contribution in [2.24, 2.45) is 0 Å². The summed E-state index contributed by atoms with van der Waals surface area (Å²) in [5, 5.41) is 8.57. The summed E-state index contributed by atoms with van der Waals surface area (Å²) in [6.07, 6.45) is 3.71. The van der Waals surface area contributed by atoms with Crippen LogP contribution in [0.4, 0.5) is 4.79 Å². The van der Waals surface area contributed by atoms with E-state index in [1.54, 1.807) is 0 Å². The first-order valence-corrected chi connectivity index (χ1v) is 9.45. The van der Waals surface area contributed by atoms with Gasteiger partial charge in [0, 0.05) is 12.6 Å². The SMILES string of the molecule is CCN1CCCCC1CNC(=O)NC(C)c1cccc2ccccc12. The first-order chi connectivity index (χ1) is 12.2. The number of carbonyl (C=O) groups is 1. The summed E-state index contributed by atoms with van der Waals surface area (Å²) in [6, 6.07) is 14.9. The lowest BCUT2D eigenvalue weighted by Crippen LogP contribution is -2.48. The molecule has 1 aliphatic rings. The highest BCUT2D eigenvalue weighted by Crippen LogP contribution is 2.24. The standard InChI is InChI=1S/C21H29N3O/c1-3-24-14-7-6-11-18(24)15-22-21(25)23-16(2)19-13-8-10-17-9-4-5-12-20(17)19/h4-5,8-10,12-13,16,18H,3,6-7,11,14-15H2,1-2H3,(H2,22,23,25). The number of hydrogen-bond acceptors (Lipinski definition) is 2. The molecule has 1 fully saturated rings. The van der Waals surface area contributed by atoms with E-state index >= 15 is 0 Å². The third kappa shape index (κ3) is 4.31. The molecule has 2 aromatic carbocycles. The third-order valence-corrected chi connectivity index (χ3v) is 5.29. The zero-order valence-corrected chi connectivity index (χ0v) is 15.3. The molecule has 1 heterocycles. The summed E-state index contributed by atoms with van der Waals surface area (Å²) in [4.78, 5) is 14.8. The number of urea groups is 1. The van der Waals surface area contributed by atoms with Gasteiger partial charge in [0.2, 0.25) is 0 Å². The van der Waals surface area contributed by atoms with Gasteiger partial charge in [0.05, 0.1) is 6.04 Å². The molecule has 2 unspecified atom stereocenters. The van der Waals surface area contributed by atoms with Gasteiger partial charge in [0.25, 0.3) is 0 Å². The predicted octanol–water partition coefficient (Wildman–Crippen LogP) is 4.07. The number of nitrogens with one attached hydrogen (secondary N) is 2. The lowest BCUT2D eigenvalue weighted by molar-refractivity contribution is 0.153. The largest absolute Gasteiger partial charge is 0.337 e. The number of nitrogens with zero attached hydrogens (tertiary/aromatic N) is 1. The van der Waals surface area contributed by atoms with E-state index in [1.807, 2.05) is 19.1 Å². The Bertz CT molecular complexity index is 710. The zero-order chi connectivity index (χ0) is 17.6. The van der Waals surface area contributed by atoms with Crippen LogP contribution in [-0.4, -0.2) is 36.6 Å². The predicted molar refractivity (Wildman–Crippen MR) is 104 cm³/mol. The van der Waals surface area contributed by atoms with Crippen LogP contribution in [0.15, 0.2) is 42.5 Å². The molecule has 1 aliphatic heterocycles. The lowest BCUT2D eigenvalue weighted by Gasteiger charge is -2.35. The van der Waals surface area contributed by atoms with E-state index in [1.165, 1.54) is 30.0 Å². The summed E-state index contributed by atoms with van der Waals surface area (Å²) < 4.78 is 0. The molecule has 0 aromatic heterocycles. The van der Waals surface area contributed by atoms with Crippen molar-refractivity contribution in [2.75, 3.05) is 19.6 Å². The van der Waals surface area contributed by atoms with Crippen LogP contribution < -0.4 is 10.6 Å². The van der Waals surface area contributed by atoms with Crippen molar-refractivity contribution in [3.05, 3.63) is 48.0 Å². The molecule has 134 valence electrons. The number of piperidine rings is 1. The number of amides is 2. The first-order valence-electron chi connectivity index (χ1n) is 9.45. The zero-order valence-electron chi connectivity index (χ0n) is 15.3. The van der Waals surface area contributed by atoms with Gasteiger partial charge in [0.1, 0.15) is 0 Å². The van der Waals surface area contributed by atoms with Gasteiger partial charge >= 0.3 is 6.03 Å². The second kappa shape index (κ2) is 8.34. The van der Waals surface area contributed by atoms with Gasteiger partial charge in [0.15, 0.2) is 0 Å². The van der Waals surface area contributed by atoms with E-state index in [2.05, 4.69) is 52.8 Å². The van der Waals surface area contributed by atoms with Crippen molar-refractivity contribution >= 4 is 16.8 Å². The van der Waals surface area contributed by atoms with Gasteiger partial charge in [-0.25, -0.2) is 4.79 Å². The Hall–Kier alpha value is -2.07. The average Bonchev–Trinajstić information content (AvgIpc) is 2.66. The Labute approximate surface area is 150 Å². The Balaban J connectivity index is 1.58. The van der Waals surface area contributed by atoms with Crippen LogP contribution in [0, 0.1) is 0 Å². The molecule has 2 N–H and O–H groups in total. The summed E-state index contributed by atoms with van der Waals surface area (Å²) in [7, 11) is 0. The molecule has 2 aromatic rings. The minimum atomic E-state index is -0.0814. The van der Waals surface area contributed by atoms with Crippen molar-refractivity contribution < 1.29 is 4.79 Å². The molecular formula is C21H29N3O. The lowest BCUT2D eigenvalue weighted by atomic mass is 10.00. The van der Waals surface area contributed by atoms with Gasteiger partial charge < -0.3 is 10.6 Å². The monoisotopic (exact) mass is 339 g/mol. The van der Waals surface area contributed by atoms with Crippen LogP contribution in [0.2, 0.25) is 0 Å². The maximum absolute atomic E-state index is 12.4. The van der Waals surface area contributed by atoms with E-state index < -0.39 is 0 Å². The van der Waals surface area contributed by atoms with Crippen molar-refractivity contribution in [3.8, 4) is 0 Å². The second-order valence-corrected chi connectivity index (χ2v) is 6.92. The molecule has 2 amide bonds. The third-order valence-electron chi connectivity index (χ3n) is 5.29. The quantitative estimate of drug-likeness (QED) is 0.862. The van der Waals surface area contributed by atoms with Gasteiger partial charge in [-0.3, -0.25) is 4.90 Å². The topological polar surface area (TPSA) is 44.4 Å². The van der Waals surface area contributed by atoms with Gasteiger partial charge in [-0.05, 0) is 49.2 Å². The molecule has 2 atom stereocenters. The van der Waals surface area contributed by atoms with Crippen molar-refractivity contribution in [1.29, 1.82) is 0 Å². The number of hydrogen-bond donors (Lipinski definition) is 2. The fourth-order valence-corrected chi connectivity index (χ4v) is 3.87. The van der Waals surface area contributed by atoms with E-state index in [-0.39, 0.29) is 12.1 Å². The Morgan fingerprint density at radius 3 is 2.84 bits per heavy atom. The van der Waals surface area contributed by atoms with Crippen molar-refractivity contribution in [1.82, 2.24) is 15.5 Å². The summed E-state index contributed by atoms with van der Waals surface area (Å²) in [5.74, 6) is 0. The fourth-order valence-electron chi connectivity index (χ4n) is 3.87. The molecule has 25 heavy (non-hydrogen) atoms. The molecule has 1 saturated heterocycles. The highest BCUT2D eigenvalue weighted by Gasteiger charge is 2.21. The van der Waals surface area contributed by atoms with Gasteiger partial charge in [-0.2, -0.15) is 0 Å². The van der Waals surface area contributed by atoms with Crippen molar-refractivity contribution in [2.45, 2.75) is 45.2 Å². The molecule has 0 radical (unpaired) electrons. The number of fused-ring (bicyclic) bond motifs is 1. The molecule has 0 spiro atoms. The first kappa shape index (κ1) is 17.7. The molecule has 0 bridgehead atoms. The molecular weight excluding hydrogens is 310 g/mol. The average molecular weight is 339 g/mol. The molecule has 3 rings (SSSR count). The van der Waals surface area contributed by atoms with Crippen LogP contribution in [0.3, 0.4) is 0 Å². The number of likely N-dealkylation sites (N-methyl/N-ethyl adjacent to an activating group) is 1. The molecule has 0 aliphatic carbocycles. The van der Waals surface area contributed by atoms with E-state index in [0.717, 1.165) is 25.2 Å². The van der Waals surface area contributed by atoms with Crippen LogP contribution in [0.5, 0.6) is 0 Å². The van der Waals surface area contributed by atoms with E-state index in [4.69, 9.17) is 0 Å². The van der Waals surface area contributed by atoms with Crippen LogP contribution in [0.1, 0.15) is 44.7 Å². The maximum Gasteiger partial charge on any atom is 0.315 e. The van der Waals surface area contributed by atoms with E-state index in [9.17, 15) is 4.79 Å². The van der Waals surface area contributed by atoms with Crippen LogP contribution in [0.25, 0.3) is 10.8 Å². The normalized spacial score (nSPS) is 19.5. The molecule has 4 heteroatoms. The Morgan fingerprint density at radius 1 is 1.20 bits per heavy atom. The minimum absolute atomic E-state index is 0.0280. The van der Waals surface area contributed by atoms with Crippen LogP contribution >= 0.6 is 0 Å². The summed E-state index contributed by atoms with van der Waals surface area (Å²) in [5.41, 5.74) is 1.15. The highest BCUT2D eigenvalue weighted by atomic mass is 16.2. The Morgan fingerprint density at radius 2 is 2.00 bits per heavy atom. The number of likely N-dealkylation sites (tertiary alicyclic amines) is 1. The van der Waals surface area contributed by atoms with Crippen molar-refractivity contribution in [3.63, 3.8) is 0 Å². The van der Waals surface area contributed by atoms with Gasteiger partial charge in [-0.1, -0.05) is 55.8 Å². The minimum Gasteiger partial charge on any atom is -0.337 e. The molecule has 0 saturated carbocycles. The number of benzene rings is 2. The summed E-state index contributed by atoms with van der Waals surface area (Å²) in [6.45, 7) is 7.17. The fraction of sp³-hybridized carbons (Fsp3) is 0.476. The number of rotatable bonds is 5. The molecule has 4 nitrogen and oxygen atoms in total. The maximum atomic E-state index is 12.4. The highest BCUT2D eigenvalue weighted by molar-refractivity contribution is 5.86. The van der Waals surface area contributed by atoms with E-state index in [0.29, 0.717) is 6.04 Å². The van der Waals surface area contributed by atoms with Crippen LogP contribution in [-0.2, 0) is 0 Å². The van der Waals surface area contributed by atoms with Gasteiger partial charge in [-0.15, -0.1) is 0 Å².